The maximum Gasteiger partial charge on any atom is 0.255 e. The highest BCUT2D eigenvalue weighted by Crippen LogP contribution is 2.29. The van der Waals surface area contributed by atoms with Crippen LogP contribution in [0.1, 0.15) is 27.9 Å². The zero-order valence-corrected chi connectivity index (χ0v) is 11.3. The summed E-state index contributed by atoms with van der Waals surface area (Å²) in [6, 6.07) is 5.07. The van der Waals surface area contributed by atoms with Crippen LogP contribution in [0.15, 0.2) is 18.2 Å². The van der Waals surface area contributed by atoms with Crippen LogP contribution >= 0.6 is 0 Å². The molecule has 0 aliphatic carbocycles. The zero-order chi connectivity index (χ0) is 14.3. The molecule has 2 aliphatic heterocycles. The maximum absolute atomic E-state index is 12.4. The summed E-state index contributed by atoms with van der Waals surface area (Å²) in [5.41, 5.74) is 2.71. The third kappa shape index (κ3) is 1.90. The molecule has 3 rings (SSSR count). The Morgan fingerprint density at radius 3 is 2.85 bits per heavy atom. The number of carbonyl (C=O) groups excluding carboxylic acids is 3. The van der Waals surface area contributed by atoms with Gasteiger partial charge in [-0.2, -0.15) is 0 Å². The van der Waals surface area contributed by atoms with E-state index in [4.69, 9.17) is 0 Å². The first-order chi connectivity index (χ1) is 9.61. The third-order valence-electron chi connectivity index (χ3n) is 4.17. The van der Waals surface area contributed by atoms with E-state index in [2.05, 4.69) is 5.32 Å². The summed E-state index contributed by atoms with van der Waals surface area (Å²) in [6.07, 6.45) is 1.26. The van der Waals surface area contributed by atoms with Crippen molar-refractivity contribution in [2.45, 2.75) is 25.9 Å². The van der Waals surface area contributed by atoms with Gasteiger partial charge in [0, 0.05) is 24.6 Å². The predicted octanol–water partition coefficient (Wildman–Crippen LogP) is 0.654. The van der Waals surface area contributed by atoms with Crippen molar-refractivity contribution >= 4 is 18.1 Å². The molecule has 5 nitrogen and oxygen atoms in total. The molecule has 2 unspecified atom stereocenters. The molecular formula is C15H16N2O3. The van der Waals surface area contributed by atoms with E-state index in [-0.39, 0.29) is 17.7 Å². The second-order valence-corrected chi connectivity index (χ2v) is 5.43. The lowest BCUT2D eigenvalue weighted by Crippen LogP contribution is -2.53. The Morgan fingerprint density at radius 2 is 2.15 bits per heavy atom. The highest BCUT2D eigenvalue weighted by atomic mass is 16.2. The van der Waals surface area contributed by atoms with Crippen molar-refractivity contribution in [3.8, 4) is 0 Å². The highest BCUT2D eigenvalue weighted by molar-refractivity contribution is 6.01. The average molecular weight is 272 g/mol. The van der Waals surface area contributed by atoms with Gasteiger partial charge in [0.1, 0.15) is 12.3 Å². The summed E-state index contributed by atoms with van der Waals surface area (Å²) in [5.74, 6) is -0.493. The van der Waals surface area contributed by atoms with Gasteiger partial charge in [-0.1, -0.05) is 12.1 Å². The lowest BCUT2D eigenvalue weighted by Gasteiger charge is -2.32. The molecule has 0 spiro atoms. The summed E-state index contributed by atoms with van der Waals surface area (Å²) >= 11 is 0. The van der Waals surface area contributed by atoms with E-state index in [0.29, 0.717) is 25.1 Å². The molecule has 1 aromatic rings. The molecular weight excluding hydrogens is 256 g/mol. The predicted molar refractivity (Wildman–Crippen MR) is 72.0 cm³/mol. The van der Waals surface area contributed by atoms with Crippen molar-refractivity contribution in [3.05, 3.63) is 34.9 Å². The normalized spacial score (nSPS) is 25.4. The Hall–Kier alpha value is -2.17. The number of aldehydes is 1. The van der Waals surface area contributed by atoms with E-state index in [0.717, 1.165) is 17.4 Å². The monoisotopic (exact) mass is 272 g/mol. The molecule has 1 N–H and O–H groups in total. The Balaban J connectivity index is 1.89. The van der Waals surface area contributed by atoms with Crippen molar-refractivity contribution in [2.24, 2.45) is 5.92 Å². The van der Waals surface area contributed by atoms with Gasteiger partial charge in [0.05, 0.1) is 0 Å². The quantitative estimate of drug-likeness (QED) is 0.804. The van der Waals surface area contributed by atoms with Crippen LogP contribution in [0.25, 0.3) is 0 Å². The first-order valence-corrected chi connectivity index (χ1v) is 6.74. The lowest BCUT2D eigenvalue weighted by molar-refractivity contribution is -0.129. The number of piperidine rings is 1. The number of hydrogen-bond acceptors (Lipinski definition) is 3. The number of nitrogens with one attached hydrogen (secondary N) is 1. The number of hydrogen-bond donors (Lipinski definition) is 1. The van der Waals surface area contributed by atoms with E-state index in [1.807, 2.05) is 19.1 Å². The second kappa shape index (κ2) is 4.74. The van der Waals surface area contributed by atoms with Crippen molar-refractivity contribution in [3.63, 3.8) is 0 Å². The van der Waals surface area contributed by atoms with Crippen molar-refractivity contribution in [1.29, 1.82) is 0 Å². The number of carbonyl (C=O) groups is 3. The van der Waals surface area contributed by atoms with Crippen LogP contribution in [0, 0.1) is 12.8 Å². The van der Waals surface area contributed by atoms with Gasteiger partial charge in [0.15, 0.2) is 0 Å². The van der Waals surface area contributed by atoms with Gasteiger partial charge in [-0.3, -0.25) is 9.59 Å². The van der Waals surface area contributed by atoms with Crippen LogP contribution in [0.2, 0.25) is 0 Å². The molecule has 1 saturated heterocycles. The number of aryl methyl sites for hydroxylation is 1. The number of nitrogens with zero attached hydrogens (tertiary/aromatic N) is 1. The van der Waals surface area contributed by atoms with E-state index in [1.165, 1.54) is 0 Å². The van der Waals surface area contributed by atoms with Gasteiger partial charge in [-0.15, -0.1) is 0 Å². The SMILES string of the molecule is Cc1cccc2c1CN(C1CC(C=O)CNC1=O)C2=O. The molecule has 5 heteroatoms. The van der Waals surface area contributed by atoms with Crippen molar-refractivity contribution in [2.75, 3.05) is 6.54 Å². The molecule has 20 heavy (non-hydrogen) atoms. The molecule has 0 aromatic heterocycles. The van der Waals surface area contributed by atoms with Crippen LogP contribution in [-0.2, 0) is 16.1 Å². The van der Waals surface area contributed by atoms with Crippen LogP contribution in [-0.4, -0.2) is 35.6 Å². The molecule has 0 saturated carbocycles. The number of fused-ring (bicyclic) bond motifs is 1. The topological polar surface area (TPSA) is 66.5 Å². The fourth-order valence-corrected chi connectivity index (χ4v) is 2.96. The molecule has 2 amide bonds. The standard InChI is InChI=1S/C15H16N2O3/c1-9-3-2-4-11-12(9)7-17(15(11)20)13-5-10(8-18)6-16-14(13)19/h2-4,8,10,13H,5-7H2,1H3,(H,16,19). The summed E-state index contributed by atoms with van der Waals surface area (Å²) in [7, 11) is 0. The Bertz CT molecular complexity index is 597. The Labute approximate surface area is 116 Å². The molecule has 104 valence electrons. The van der Waals surface area contributed by atoms with Crippen LogP contribution in [0.4, 0.5) is 0 Å². The van der Waals surface area contributed by atoms with Crippen LogP contribution in [0.5, 0.6) is 0 Å². The van der Waals surface area contributed by atoms with Crippen molar-refractivity contribution < 1.29 is 14.4 Å². The van der Waals surface area contributed by atoms with Gasteiger partial charge in [0.25, 0.3) is 5.91 Å². The molecule has 2 atom stereocenters. The van der Waals surface area contributed by atoms with Gasteiger partial charge in [-0.05, 0) is 30.5 Å². The van der Waals surface area contributed by atoms with Gasteiger partial charge < -0.3 is 15.0 Å². The third-order valence-corrected chi connectivity index (χ3v) is 4.17. The molecule has 0 radical (unpaired) electrons. The number of rotatable bonds is 2. The first kappa shape index (κ1) is 12.8. The van der Waals surface area contributed by atoms with E-state index in [9.17, 15) is 14.4 Å². The lowest BCUT2D eigenvalue weighted by atomic mass is 9.95. The first-order valence-electron chi connectivity index (χ1n) is 6.74. The minimum atomic E-state index is -0.543. The fourth-order valence-electron chi connectivity index (χ4n) is 2.96. The summed E-state index contributed by atoms with van der Waals surface area (Å²) < 4.78 is 0. The smallest absolute Gasteiger partial charge is 0.255 e. The number of benzene rings is 1. The minimum Gasteiger partial charge on any atom is -0.354 e. The Morgan fingerprint density at radius 1 is 1.35 bits per heavy atom. The molecule has 2 aliphatic rings. The highest BCUT2D eigenvalue weighted by Gasteiger charge is 2.40. The van der Waals surface area contributed by atoms with Crippen LogP contribution in [0.3, 0.4) is 0 Å². The largest absolute Gasteiger partial charge is 0.354 e. The number of amides is 2. The van der Waals surface area contributed by atoms with E-state index >= 15 is 0 Å². The van der Waals surface area contributed by atoms with Gasteiger partial charge in [0.2, 0.25) is 5.91 Å². The average Bonchev–Trinajstić information content (AvgIpc) is 2.79. The second-order valence-electron chi connectivity index (χ2n) is 5.43. The summed E-state index contributed by atoms with van der Waals surface area (Å²) in [6.45, 7) is 2.78. The molecule has 0 bridgehead atoms. The zero-order valence-electron chi connectivity index (χ0n) is 11.3. The molecule has 2 heterocycles. The van der Waals surface area contributed by atoms with Crippen LogP contribution < -0.4 is 5.32 Å². The van der Waals surface area contributed by atoms with Gasteiger partial charge in [-0.25, -0.2) is 0 Å². The minimum absolute atomic E-state index is 0.115. The fraction of sp³-hybridized carbons (Fsp3) is 0.400. The van der Waals surface area contributed by atoms with E-state index < -0.39 is 6.04 Å². The maximum atomic E-state index is 12.4. The summed E-state index contributed by atoms with van der Waals surface area (Å²) in [5, 5.41) is 2.71. The molecule has 1 aromatic carbocycles. The Kier molecular flexibility index (Phi) is 3.04. The van der Waals surface area contributed by atoms with E-state index in [1.54, 1.807) is 11.0 Å². The van der Waals surface area contributed by atoms with Crippen molar-refractivity contribution in [1.82, 2.24) is 10.2 Å². The molecule has 1 fully saturated rings. The summed E-state index contributed by atoms with van der Waals surface area (Å²) in [4.78, 5) is 37.0. The van der Waals surface area contributed by atoms with Gasteiger partial charge >= 0.3 is 0 Å².